The van der Waals surface area contributed by atoms with Gasteiger partial charge in [0.25, 0.3) is 0 Å². The summed E-state index contributed by atoms with van der Waals surface area (Å²) < 4.78 is 0. The molecule has 0 aromatic heterocycles. The molecular weight excluding hydrogens is 228 g/mol. The lowest BCUT2D eigenvalue weighted by atomic mass is 9.92. The van der Waals surface area contributed by atoms with Gasteiger partial charge >= 0.3 is 0 Å². The standard InChI is InChI=1S/C19H22/c1-6-7-8-17-9-10-18-11-13(2)14(3)12-19(18)16(5)15(17)4/h6-8,11-12H,1,5,9-10H2,2-4H3/b8-7-. The average Bonchev–Trinajstić information content (AvgIpc) is 2.50. The van der Waals surface area contributed by atoms with Crippen LogP contribution in [0.15, 0.2) is 54.7 Å². The van der Waals surface area contributed by atoms with Crippen molar-refractivity contribution >= 4 is 5.57 Å². The lowest BCUT2D eigenvalue weighted by molar-refractivity contribution is 0.961. The molecule has 0 heterocycles. The second kappa shape index (κ2) is 5.44. The maximum atomic E-state index is 4.31. The third-order valence-corrected chi connectivity index (χ3v) is 4.08. The molecule has 0 amide bonds. The maximum Gasteiger partial charge on any atom is -0.0152 e. The number of aryl methyl sites for hydroxylation is 3. The zero-order valence-corrected chi connectivity index (χ0v) is 12.2. The van der Waals surface area contributed by atoms with Gasteiger partial charge in [-0.3, -0.25) is 0 Å². The van der Waals surface area contributed by atoms with E-state index in [9.17, 15) is 0 Å². The predicted molar refractivity (Wildman–Crippen MR) is 85.3 cm³/mol. The number of hydrogen-bond donors (Lipinski definition) is 0. The first-order valence-electron chi connectivity index (χ1n) is 6.83. The topological polar surface area (TPSA) is 0 Å². The van der Waals surface area contributed by atoms with Crippen molar-refractivity contribution in [1.82, 2.24) is 0 Å². The summed E-state index contributed by atoms with van der Waals surface area (Å²) in [6.45, 7) is 14.6. The fourth-order valence-corrected chi connectivity index (χ4v) is 2.61. The van der Waals surface area contributed by atoms with Crippen LogP contribution >= 0.6 is 0 Å². The molecule has 0 atom stereocenters. The van der Waals surface area contributed by atoms with E-state index in [-0.39, 0.29) is 0 Å². The van der Waals surface area contributed by atoms with Gasteiger partial charge in [-0.05, 0) is 72.6 Å². The highest BCUT2D eigenvalue weighted by atomic mass is 14.2. The van der Waals surface area contributed by atoms with E-state index < -0.39 is 0 Å². The van der Waals surface area contributed by atoms with Crippen molar-refractivity contribution in [2.75, 3.05) is 0 Å². The molecule has 0 N–H and O–H groups in total. The minimum absolute atomic E-state index is 1.07. The molecule has 0 nitrogen and oxygen atoms in total. The summed E-state index contributed by atoms with van der Waals surface area (Å²) in [5, 5.41) is 0. The van der Waals surface area contributed by atoms with Crippen LogP contribution in [0.2, 0.25) is 0 Å². The molecule has 0 spiro atoms. The second-order valence-electron chi connectivity index (χ2n) is 5.32. The Hall–Kier alpha value is -1.82. The third kappa shape index (κ3) is 2.63. The first-order valence-corrected chi connectivity index (χ1v) is 6.83. The quantitative estimate of drug-likeness (QED) is 0.623. The molecule has 0 radical (unpaired) electrons. The predicted octanol–water partition coefficient (Wildman–Crippen LogP) is 5.32. The molecule has 0 fully saturated rings. The van der Waals surface area contributed by atoms with Gasteiger partial charge < -0.3 is 0 Å². The summed E-state index contributed by atoms with van der Waals surface area (Å²) in [5.74, 6) is 0. The van der Waals surface area contributed by atoms with E-state index in [0.29, 0.717) is 0 Å². The molecule has 2 rings (SSSR count). The lowest BCUT2D eigenvalue weighted by Crippen LogP contribution is -1.94. The van der Waals surface area contributed by atoms with E-state index >= 15 is 0 Å². The summed E-state index contributed by atoms with van der Waals surface area (Å²) in [6, 6.07) is 4.61. The lowest BCUT2D eigenvalue weighted by Gasteiger charge is -2.12. The normalized spacial score (nSPS) is 15.6. The van der Waals surface area contributed by atoms with E-state index in [1.165, 1.54) is 39.0 Å². The molecule has 1 aromatic rings. The number of allylic oxidation sites excluding steroid dienone is 6. The molecule has 0 saturated carbocycles. The van der Waals surface area contributed by atoms with Gasteiger partial charge in [0, 0.05) is 0 Å². The number of fused-ring (bicyclic) bond motifs is 1. The van der Waals surface area contributed by atoms with Crippen molar-refractivity contribution in [3.8, 4) is 0 Å². The van der Waals surface area contributed by atoms with Crippen LogP contribution in [-0.4, -0.2) is 0 Å². The zero-order chi connectivity index (χ0) is 14.0. The van der Waals surface area contributed by atoms with Gasteiger partial charge in [-0.1, -0.05) is 43.5 Å². The van der Waals surface area contributed by atoms with Gasteiger partial charge in [0.1, 0.15) is 0 Å². The molecule has 0 saturated heterocycles. The minimum atomic E-state index is 1.07. The van der Waals surface area contributed by atoms with Crippen molar-refractivity contribution < 1.29 is 0 Å². The Morgan fingerprint density at radius 1 is 1.05 bits per heavy atom. The molecule has 0 bridgehead atoms. The fourth-order valence-electron chi connectivity index (χ4n) is 2.61. The highest BCUT2D eigenvalue weighted by molar-refractivity contribution is 5.81. The van der Waals surface area contributed by atoms with E-state index in [0.717, 1.165) is 12.8 Å². The van der Waals surface area contributed by atoms with Crippen LogP contribution in [0.25, 0.3) is 5.57 Å². The number of rotatable bonds is 2. The van der Waals surface area contributed by atoms with Crippen LogP contribution in [0.4, 0.5) is 0 Å². The molecule has 19 heavy (non-hydrogen) atoms. The highest BCUT2D eigenvalue weighted by Gasteiger charge is 2.16. The monoisotopic (exact) mass is 250 g/mol. The molecule has 98 valence electrons. The number of hydrogen-bond acceptors (Lipinski definition) is 0. The molecular formula is C19H22. The van der Waals surface area contributed by atoms with Crippen LogP contribution in [0.5, 0.6) is 0 Å². The second-order valence-corrected chi connectivity index (χ2v) is 5.32. The number of benzene rings is 1. The highest BCUT2D eigenvalue weighted by Crippen LogP contribution is 2.34. The van der Waals surface area contributed by atoms with Crippen LogP contribution in [0.3, 0.4) is 0 Å². The molecule has 0 heteroatoms. The van der Waals surface area contributed by atoms with Gasteiger partial charge in [-0.25, -0.2) is 0 Å². The van der Waals surface area contributed by atoms with Crippen LogP contribution in [-0.2, 0) is 6.42 Å². The van der Waals surface area contributed by atoms with Gasteiger partial charge in [-0.15, -0.1) is 0 Å². The summed E-state index contributed by atoms with van der Waals surface area (Å²) in [6.07, 6.45) is 8.17. The maximum absolute atomic E-state index is 4.31. The Balaban J connectivity index is 2.51. The van der Waals surface area contributed by atoms with Crippen LogP contribution in [0.1, 0.15) is 35.6 Å². The van der Waals surface area contributed by atoms with Crippen molar-refractivity contribution in [2.24, 2.45) is 0 Å². The summed E-state index contributed by atoms with van der Waals surface area (Å²) in [5.41, 5.74) is 9.31. The largest absolute Gasteiger partial charge is 0.0991 e. The Morgan fingerprint density at radius 2 is 1.74 bits per heavy atom. The smallest absolute Gasteiger partial charge is 0.0152 e. The summed E-state index contributed by atoms with van der Waals surface area (Å²) in [4.78, 5) is 0. The van der Waals surface area contributed by atoms with Gasteiger partial charge in [0.2, 0.25) is 0 Å². The molecule has 1 aromatic carbocycles. The SMILES string of the molecule is C=C/C=C\C1=C(C)C(=C)c2cc(C)c(C)cc2CC1. The van der Waals surface area contributed by atoms with E-state index in [4.69, 9.17) is 0 Å². The van der Waals surface area contributed by atoms with Gasteiger partial charge in [0.05, 0.1) is 0 Å². The van der Waals surface area contributed by atoms with E-state index in [1.54, 1.807) is 0 Å². The first-order chi connectivity index (χ1) is 9.04. The van der Waals surface area contributed by atoms with Crippen molar-refractivity contribution in [1.29, 1.82) is 0 Å². The molecule has 0 unspecified atom stereocenters. The van der Waals surface area contributed by atoms with Crippen molar-refractivity contribution in [3.05, 3.63) is 76.9 Å². The van der Waals surface area contributed by atoms with Crippen LogP contribution in [0, 0.1) is 13.8 Å². The third-order valence-electron chi connectivity index (χ3n) is 4.08. The molecule has 1 aliphatic carbocycles. The Labute approximate surface area is 116 Å². The Bertz CT molecular complexity index is 595. The van der Waals surface area contributed by atoms with Crippen molar-refractivity contribution in [2.45, 2.75) is 33.6 Å². The van der Waals surface area contributed by atoms with Gasteiger partial charge in [-0.2, -0.15) is 0 Å². The molecule has 0 aliphatic heterocycles. The van der Waals surface area contributed by atoms with E-state index in [2.05, 4.69) is 52.1 Å². The first kappa shape index (κ1) is 13.6. The summed E-state index contributed by atoms with van der Waals surface area (Å²) in [7, 11) is 0. The zero-order valence-electron chi connectivity index (χ0n) is 12.2. The molecule has 1 aliphatic rings. The van der Waals surface area contributed by atoms with Crippen LogP contribution < -0.4 is 0 Å². The Morgan fingerprint density at radius 3 is 2.42 bits per heavy atom. The minimum Gasteiger partial charge on any atom is -0.0991 e. The van der Waals surface area contributed by atoms with E-state index in [1.807, 2.05) is 12.2 Å². The van der Waals surface area contributed by atoms with Gasteiger partial charge in [0.15, 0.2) is 0 Å². The summed E-state index contributed by atoms with van der Waals surface area (Å²) >= 11 is 0. The average molecular weight is 250 g/mol. The van der Waals surface area contributed by atoms with Crippen molar-refractivity contribution in [3.63, 3.8) is 0 Å². The Kier molecular flexibility index (Phi) is 3.90. The fraction of sp³-hybridized carbons (Fsp3) is 0.263.